The maximum absolute atomic E-state index is 11.6. The average Bonchev–Trinajstić information content (AvgIpc) is 2.42. The second-order valence-corrected chi connectivity index (χ2v) is 5.24. The molecule has 1 fully saturated rings. The molecule has 3 amide bonds. The Hall–Kier alpha value is -1.67. The lowest BCUT2D eigenvalue weighted by Crippen LogP contribution is -2.47. The highest BCUT2D eigenvalue weighted by Crippen LogP contribution is 2.29. The monoisotopic (exact) mass is 285 g/mol. The molecule has 0 heterocycles. The normalized spacial score (nSPS) is 22.2. The maximum Gasteiger partial charge on any atom is 0.246 e. The third-order valence-electron chi connectivity index (χ3n) is 3.68. The zero-order chi connectivity index (χ0) is 15.1. The molecule has 0 bridgehead atoms. The number of carbonyl (C=O) groups is 3. The lowest BCUT2D eigenvalue weighted by molar-refractivity contribution is -0.136. The summed E-state index contributed by atoms with van der Waals surface area (Å²) in [4.78, 5) is 34.3. The summed E-state index contributed by atoms with van der Waals surface area (Å²) in [7, 11) is 0. The molecular weight excluding hydrogens is 262 g/mol. The van der Waals surface area contributed by atoms with E-state index in [0.29, 0.717) is 6.42 Å². The van der Waals surface area contributed by atoms with Crippen LogP contribution in [0.25, 0.3) is 0 Å². The van der Waals surface area contributed by atoms with E-state index in [1.54, 1.807) is 0 Å². The molecule has 8 nitrogen and oxygen atoms in total. The molecular formula is C12H23N5O3. The lowest BCUT2D eigenvalue weighted by Gasteiger charge is -2.31. The quantitative estimate of drug-likeness (QED) is 0.184. The molecule has 8 heteroatoms. The highest BCUT2D eigenvalue weighted by molar-refractivity contribution is 5.99. The van der Waals surface area contributed by atoms with Crippen molar-refractivity contribution in [2.75, 3.05) is 0 Å². The molecule has 0 aliphatic heterocycles. The van der Waals surface area contributed by atoms with E-state index < -0.39 is 17.7 Å². The third-order valence-corrected chi connectivity index (χ3v) is 3.68. The van der Waals surface area contributed by atoms with Gasteiger partial charge in [-0.15, -0.1) is 0 Å². The Morgan fingerprint density at radius 1 is 1.15 bits per heavy atom. The van der Waals surface area contributed by atoms with Gasteiger partial charge in [-0.1, -0.05) is 12.8 Å². The third kappa shape index (κ3) is 4.78. The van der Waals surface area contributed by atoms with Crippen LogP contribution < -0.4 is 27.9 Å². The van der Waals surface area contributed by atoms with Gasteiger partial charge < -0.3 is 5.32 Å². The van der Waals surface area contributed by atoms with E-state index in [1.165, 1.54) is 6.92 Å². The van der Waals surface area contributed by atoms with Crippen molar-refractivity contribution in [3.63, 3.8) is 0 Å². The second-order valence-electron chi connectivity index (χ2n) is 5.24. The van der Waals surface area contributed by atoms with E-state index >= 15 is 0 Å². The molecule has 0 saturated heterocycles. The molecule has 0 aromatic carbocycles. The largest absolute Gasteiger partial charge is 0.354 e. The van der Waals surface area contributed by atoms with Crippen molar-refractivity contribution in [2.45, 2.75) is 45.1 Å². The molecule has 1 aliphatic carbocycles. The summed E-state index contributed by atoms with van der Waals surface area (Å²) in [6, 6.07) is 0.105. The predicted octanol–water partition coefficient (Wildman–Crippen LogP) is -1.33. The summed E-state index contributed by atoms with van der Waals surface area (Å²) in [5, 5.41) is 2.88. The number of rotatable bonds is 5. The van der Waals surface area contributed by atoms with Crippen molar-refractivity contribution in [2.24, 2.45) is 23.5 Å². The van der Waals surface area contributed by atoms with Gasteiger partial charge in [-0.3, -0.25) is 25.2 Å². The van der Waals surface area contributed by atoms with Gasteiger partial charge in [0.25, 0.3) is 0 Å². The zero-order valence-corrected chi connectivity index (χ0v) is 11.6. The Kier molecular flexibility index (Phi) is 6.40. The van der Waals surface area contributed by atoms with Crippen LogP contribution in [0.2, 0.25) is 0 Å². The second kappa shape index (κ2) is 7.81. The van der Waals surface area contributed by atoms with E-state index in [1.807, 2.05) is 10.9 Å². The number of amides is 3. The lowest BCUT2D eigenvalue weighted by atomic mass is 9.80. The minimum Gasteiger partial charge on any atom is -0.354 e. The first-order valence-electron chi connectivity index (χ1n) is 6.76. The molecule has 114 valence electrons. The standard InChI is InChI=1S/C12H23N5O3/c1-7(18)15-9-4-2-3-8(5-9)6-10(11(19)16-13)12(20)17-14/h8-10H,2-6,13-14H2,1H3,(H,15,18)(H,16,19)(H,17,20)/t8-,9-/m0/s1. The molecule has 2 atom stereocenters. The Morgan fingerprint density at radius 3 is 2.25 bits per heavy atom. The van der Waals surface area contributed by atoms with E-state index in [4.69, 9.17) is 11.7 Å². The first-order chi connectivity index (χ1) is 9.47. The number of nitrogens with one attached hydrogen (secondary N) is 3. The highest BCUT2D eigenvalue weighted by atomic mass is 16.2. The Bertz CT molecular complexity index is 358. The molecule has 7 N–H and O–H groups in total. The number of hydrazine groups is 2. The van der Waals surface area contributed by atoms with Crippen LogP contribution >= 0.6 is 0 Å². The topological polar surface area (TPSA) is 139 Å². The summed E-state index contributed by atoms with van der Waals surface area (Å²) < 4.78 is 0. The van der Waals surface area contributed by atoms with Crippen molar-refractivity contribution in [3.05, 3.63) is 0 Å². The number of hydrogen-bond donors (Lipinski definition) is 5. The molecule has 0 aromatic heterocycles. The van der Waals surface area contributed by atoms with E-state index in [2.05, 4.69) is 5.32 Å². The van der Waals surface area contributed by atoms with Crippen molar-refractivity contribution in [3.8, 4) is 0 Å². The van der Waals surface area contributed by atoms with Crippen LogP contribution in [0.4, 0.5) is 0 Å². The van der Waals surface area contributed by atoms with Crippen LogP contribution in [0.5, 0.6) is 0 Å². The minimum absolute atomic E-state index is 0.0633. The smallest absolute Gasteiger partial charge is 0.246 e. The van der Waals surface area contributed by atoms with E-state index in [9.17, 15) is 14.4 Å². The van der Waals surface area contributed by atoms with Gasteiger partial charge in [0.05, 0.1) is 0 Å². The van der Waals surface area contributed by atoms with Crippen LogP contribution in [0.15, 0.2) is 0 Å². The number of hydrogen-bond acceptors (Lipinski definition) is 5. The van der Waals surface area contributed by atoms with Gasteiger partial charge in [-0.25, -0.2) is 11.7 Å². The van der Waals surface area contributed by atoms with Gasteiger partial charge in [0.1, 0.15) is 5.92 Å². The summed E-state index contributed by atoms with van der Waals surface area (Å²) in [5.41, 5.74) is 3.98. The summed E-state index contributed by atoms with van der Waals surface area (Å²) in [6.45, 7) is 1.48. The average molecular weight is 285 g/mol. The van der Waals surface area contributed by atoms with Crippen molar-refractivity contribution >= 4 is 17.7 Å². The fourth-order valence-electron chi connectivity index (χ4n) is 2.79. The van der Waals surface area contributed by atoms with Gasteiger partial charge in [0.15, 0.2) is 0 Å². The fourth-order valence-corrected chi connectivity index (χ4v) is 2.79. The highest BCUT2D eigenvalue weighted by Gasteiger charge is 2.31. The Morgan fingerprint density at radius 2 is 1.75 bits per heavy atom. The Balaban J connectivity index is 2.61. The van der Waals surface area contributed by atoms with Gasteiger partial charge >= 0.3 is 0 Å². The summed E-state index contributed by atoms with van der Waals surface area (Å²) >= 11 is 0. The molecule has 1 aliphatic rings. The predicted molar refractivity (Wildman–Crippen MR) is 72.3 cm³/mol. The van der Waals surface area contributed by atoms with E-state index in [0.717, 1.165) is 25.7 Å². The van der Waals surface area contributed by atoms with Crippen LogP contribution in [0.3, 0.4) is 0 Å². The number of nitrogens with two attached hydrogens (primary N) is 2. The van der Waals surface area contributed by atoms with Gasteiger partial charge in [-0.2, -0.15) is 0 Å². The fraction of sp³-hybridized carbons (Fsp3) is 0.750. The molecule has 20 heavy (non-hydrogen) atoms. The van der Waals surface area contributed by atoms with Crippen LogP contribution in [0.1, 0.15) is 39.0 Å². The van der Waals surface area contributed by atoms with Crippen LogP contribution in [-0.2, 0) is 14.4 Å². The SMILES string of the molecule is CC(=O)N[C@H]1CCC[C@H](CC(C(=O)NN)C(=O)NN)C1. The zero-order valence-electron chi connectivity index (χ0n) is 11.6. The van der Waals surface area contributed by atoms with Crippen molar-refractivity contribution < 1.29 is 14.4 Å². The van der Waals surface area contributed by atoms with Crippen molar-refractivity contribution in [1.29, 1.82) is 0 Å². The van der Waals surface area contributed by atoms with Gasteiger partial charge in [0, 0.05) is 13.0 Å². The molecule has 1 saturated carbocycles. The maximum atomic E-state index is 11.6. The molecule has 0 spiro atoms. The molecule has 0 aromatic rings. The minimum atomic E-state index is -0.897. The Labute approximate surface area is 118 Å². The van der Waals surface area contributed by atoms with E-state index in [-0.39, 0.29) is 17.9 Å². The van der Waals surface area contributed by atoms with Gasteiger partial charge in [-0.05, 0) is 25.2 Å². The van der Waals surface area contributed by atoms with Crippen molar-refractivity contribution in [1.82, 2.24) is 16.2 Å². The van der Waals surface area contributed by atoms with Crippen LogP contribution in [0, 0.1) is 11.8 Å². The first kappa shape index (κ1) is 16.4. The summed E-state index contributed by atoms with van der Waals surface area (Å²) in [6.07, 6.45) is 3.93. The first-order valence-corrected chi connectivity index (χ1v) is 6.76. The van der Waals surface area contributed by atoms with Crippen LogP contribution in [-0.4, -0.2) is 23.8 Å². The molecule has 0 unspecified atom stereocenters. The molecule has 0 radical (unpaired) electrons. The molecule has 1 rings (SSSR count). The number of carbonyl (C=O) groups excluding carboxylic acids is 3. The summed E-state index contributed by atoms with van der Waals surface area (Å²) in [5.74, 6) is 8.30. The van der Waals surface area contributed by atoms with Gasteiger partial charge in [0.2, 0.25) is 17.7 Å².